The molecule has 1 fully saturated rings. The summed E-state index contributed by atoms with van der Waals surface area (Å²) in [5, 5.41) is 2.91. The van der Waals surface area contributed by atoms with Gasteiger partial charge in [-0.15, -0.1) is 0 Å². The molecule has 92 valence electrons. The monoisotopic (exact) mass is 234 g/mol. The number of hydrogen-bond donors (Lipinski definition) is 1. The van der Waals surface area contributed by atoms with Gasteiger partial charge in [0.25, 0.3) is 0 Å². The molecule has 0 unspecified atom stereocenters. The SMILES string of the molecule is COc1ccc(NC(=O)C2CCCCC2)cn1. The molecule has 1 saturated carbocycles. The summed E-state index contributed by atoms with van der Waals surface area (Å²) >= 11 is 0. The fourth-order valence-electron chi connectivity index (χ4n) is 2.18. The summed E-state index contributed by atoms with van der Waals surface area (Å²) in [6.45, 7) is 0. The predicted octanol–water partition coefficient (Wildman–Crippen LogP) is 2.61. The van der Waals surface area contributed by atoms with Crippen LogP contribution in [0.1, 0.15) is 32.1 Å². The molecule has 0 saturated heterocycles. The number of pyridine rings is 1. The van der Waals surface area contributed by atoms with E-state index in [1.807, 2.05) is 6.07 Å². The van der Waals surface area contributed by atoms with E-state index in [2.05, 4.69) is 10.3 Å². The van der Waals surface area contributed by atoms with Crippen LogP contribution in [0.25, 0.3) is 0 Å². The molecule has 0 atom stereocenters. The maximum absolute atomic E-state index is 12.0. The van der Waals surface area contributed by atoms with Gasteiger partial charge in [-0.25, -0.2) is 4.98 Å². The van der Waals surface area contributed by atoms with Gasteiger partial charge in [0, 0.05) is 12.0 Å². The quantitative estimate of drug-likeness (QED) is 0.874. The van der Waals surface area contributed by atoms with E-state index in [-0.39, 0.29) is 11.8 Å². The second-order valence-corrected chi connectivity index (χ2v) is 4.41. The molecular weight excluding hydrogens is 216 g/mol. The molecule has 0 aromatic carbocycles. The lowest BCUT2D eigenvalue weighted by atomic mass is 9.88. The number of nitrogens with zero attached hydrogens (tertiary/aromatic N) is 1. The van der Waals surface area contributed by atoms with Crippen molar-refractivity contribution < 1.29 is 9.53 Å². The summed E-state index contributed by atoms with van der Waals surface area (Å²) in [6.07, 6.45) is 7.23. The molecule has 0 bridgehead atoms. The first-order chi connectivity index (χ1) is 8.29. The minimum absolute atomic E-state index is 0.122. The van der Waals surface area contributed by atoms with Crippen molar-refractivity contribution in [2.75, 3.05) is 12.4 Å². The zero-order chi connectivity index (χ0) is 12.1. The van der Waals surface area contributed by atoms with Crippen LogP contribution in [0, 0.1) is 5.92 Å². The van der Waals surface area contributed by atoms with Crippen LogP contribution in [0.3, 0.4) is 0 Å². The van der Waals surface area contributed by atoms with Gasteiger partial charge in [-0.05, 0) is 18.9 Å². The first-order valence-corrected chi connectivity index (χ1v) is 6.10. The van der Waals surface area contributed by atoms with Crippen molar-refractivity contribution in [3.63, 3.8) is 0 Å². The van der Waals surface area contributed by atoms with Gasteiger partial charge in [-0.3, -0.25) is 4.79 Å². The van der Waals surface area contributed by atoms with Gasteiger partial charge < -0.3 is 10.1 Å². The summed E-state index contributed by atoms with van der Waals surface area (Å²) in [7, 11) is 1.57. The molecule has 0 radical (unpaired) electrons. The molecule has 0 spiro atoms. The van der Waals surface area contributed by atoms with Crippen LogP contribution < -0.4 is 10.1 Å². The van der Waals surface area contributed by atoms with Crippen LogP contribution in [0.5, 0.6) is 5.88 Å². The highest BCUT2D eigenvalue weighted by molar-refractivity contribution is 5.92. The third kappa shape index (κ3) is 3.19. The summed E-state index contributed by atoms with van der Waals surface area (Å²) in [6, 6.07) is 3.56. The molecule has 1 aromatic rings. The number of hydrogen-bond acceptors (Lipinski definition) is 3. The van der Waals surface area contributed by atoms with Crippen molar-refractivity contribution in [2.24, 2.45) is 5.92 Å². The lowest BCUT2D eigenvalue weighted by Gasteiger charge is -2.20. The normalized spacial score (nSPS) is 16.5. The Morgan fingerprint density at radius 1 is 1.35 bits per heavy atom. The Hall–Kier alpha value is -1.58. The van der Waals surface area contributed by atoms with E-state index in [1.54, 1.807) is 19.4 Å². The molecule has 1 aromatic heterocycles. The standard InChI is InChI=1S/C13H18N2O2/c1-17-12-8-7-11(9-14-12)15-13(16)10-5-3-2-4-6-10/h7-10H,2-6H2,1H3,(H,15,16). The fraction of sp³-hybridized carbons (Fsp3) is 0.538. The van der Waals surface area contributed by atoms with Crippen molar-refractivity contribution in [1.29, 1.82) is 0 Å². The molecule has 1 N–H and O–H groups in total. The number of amides is 1. The second kappa shape index (κ2) is 5.66. The van der Waals surface area contributed by atoms with E-state index in [9.17, 15) is 4.79 Å². The van der Waals surface area contributed by atoms with E-state index in [4.69, 9.17) is 4.74 Å². The van der Waals surface area contributed by atoms with Crippen LogP contribution in [0.15, 0.2) is 18.3 Å². The molecule has 2 rings (SSSR count). The number of methoxy groups -OCH3 is 1. The highest BCUT2D eigenvalue weighted by atomic mass is 16.5. The summed E-state index contributed by atoms with van der Waals surface area (Å²) < 4.78 is 4.97. The minimum atomic E-state index is 0.122. The highest BCUT2D eigenvalue weighted by Crippen LogP contribution is 2.25. The summed E-state index contributed by atoms with van der Waals surface area (Å²) in [4.78, 5) is 16.0. The number of ether oxygens (including phenoxy) is 1. The highest BCUT2D eigenvalue weighted by Gasteiger charge is 2.20. The largest absolute Gasteiger partial charge is 0.481 e. The predicted molar refractivity (Wildman–Crippen MR) is 66.0 cm³/mol. The Kier molecular flexibility index (Phi) is 3.96. The molecule has 0 aliphatic heterocycles. The smallest absolute Gasteiger partial charge is 0.227 e. The van der Waals surface area contributed by atoms with Crippen molar-refractivity contribution in [1.82, 2.24) is 4.98 Å². The van der Waals surface area contributed by atoms with Crippen LogP contribution in [-0.2, 0) is 4.79 Å². The van der Waals surface area contributed by atoms with Gasteiger partial charge in [-0.2, -0.15) is 0 Å². The summed E-state index contributed by atoms with van der Waals surface area (Å²) in [5.74, 6) is 0.850. The maximum Gasteiger partial charge on any atom is 0.227 e. The van der Waals surface area contributed by atoms with E-state index in [1.165, 1.54) is 19.3 Å². The number of carbonyl (C=O) groups excluding carboxylic acids is 1. The van der Waals surface area contributed by atoms with Crippen LogP contribution in [0.2, 0.25) is 0 Å². The first kappa shape index (κ1) is 11.9. The third-order valence-electron chi connectivity index (χ3n) is 3.19. The lowest BCUT2D eigenvalue weighted by molar-refractivity contribution is -0.120. The number of anilines is 1. The molecule has 1 aliphatic carbocycles. The van der Waals surface area contributed by atoms with Crippen LogP contribution in [0.4, 0.5) is 5.69 Å². The molecule has 17 heavy (non-hydrogen) atoms. The zero-order valence-corrected chi connectivity index (χ0v) is 10.1. The minimum Gasteiger partial charge on any atom is -0.481 e. The van der Waals surface area contributed by atoms with Crippen molar-refractivity contribution in [3.8, 4) is 5.88 Å². The molecule has 1 heterocycles. The van der Waals surface area contributed by atoms with E-state index in [0.29, 0.717) is 5.88 Å². The first-order valence-electron chi connectivity index (χ1n) is 6.10. The Labute approximate surface area is 101 Å². The van der Waals surface area contributed by atoms with Crippen LogP contribution >= 0.6 is 0 Å². The van der Waals surface area contributed by atoms with E-state index in [0.717, 1.165) is 18.5 Å². The zero-order valence-electron chi connectivity index (χ0n) is 10.1. The third-order valence-corrected chi connectivity index (χ3v) is 3.19. The number of nitrogens with one attached hydrogen (secondary N) is 1. The molecular formula is C13H18N2O2. The molecule has 1 aliphatic rings. The van der Waals surface area contributed by atoms with E-state index >= 15 is 0 Å². The average Bonchev–Trinajstić information content (AvgIpc) is 2.40. The number of aromatic nitrogens is 1. The Morgan fingerprint density at radius 3 is 2.71 bits per heavy atom. The van der Waals surface area contributed by atoms with E-state index < -0.39 is 0 Å². The van der Waals surface area contributed by atoms with Crippen LogP contribution in [-0.4, -0.2) is 18.0 Å². The molecule has 4 nitrogen and oxygen atoms in total. The van der Waals surface area contributed by atoms with Gasteiger partial charge in [0.15, 0.2) is 0 Å². The Bertz CT molecular complexity index is 370. The number of rotatable bonds is 3. The Balaban J connectivity index is 1.92. The maximum atomic E-state index is 12.0. The van der Waals surface area contributed by atoms with Crippen molar-refractivity contribution >= 4 is 11.6 Å². The van der Waals surface area contributed by atoms with Gasteiger partial charge in [0.2, 0.25) is 11.8 Å². The molecule has 1 amide bonds. The Morgan fingerprint density at radius 2 is 2.12 bits per heavy atom. The van der Waals surface area contributed by atoms with Gasteiger partial charge in [0.05, 0.1) is 19.0 Å². The van der Waals surface area contributed by atoms with Crippen molar-refractivity contribution in [3.05, 3.63) is 18.3 Å². The average molecular weight is 234 g/mol. The summed E-state index contributed by atoms with van der Waals surface area (Å²) in [5.41, 5.74) is 0.737. The van der Waals surface area contributed by atoms with Crippen molar-refractivity contribution in [2.45, 2.75) is 32.1 Å². The van der Waals surface area contributed by atoms with Gasteiger partial charge >= 0.3 is 0 Å². The van der Waals surface area contributed by atoms with Gasteiger partial charge in [0.1, 0.15) is 0 Å². The fourth-order valence-corrected chi connectivity index (χ4v) is 2.18. The van der Waals surface area contributed by atoms with Gasteiger partial charge in [-0.1, -0.05) is 19.3 Å². The second-order valence-electron chi connectivity index (χ2n) is 4.41. The lowest BCUT2D eigenvalue weighted by Crippen LogP contribution is -2.24. The molecule has 4 heteroatoms. The number of carbonyl (C=O) groups is 1. The topological polar surface area (TPSA) is 51.2 Å².